The van der Waals surface area contributed by atoms with Gasteiger partial charge < -0.3 is 23.7 Å². The van der Waals surface area contributed by atoms with Crippen LogP contribution >= 0.6 is 11.6 Å². The van der Waals surface area contributed by atoms with Crippen molar-refractivity contribution in [1.29, 1.82) is 0 Å². The van der Waals surface area contributed by atoms with Crippen LogP contribution in [-0.4, -0.2) is 59.3 Å². The van der Waals surface area contributed by atoms with Crippen LogP contribution in [0.1, 0.15) is 42.5 Å². The summed E-state index contributed by atoms with van der Waals surface area (Å²) in [4.78, 5) is 26.9. The van der Waals surface area contributed by atoms with Gasteiger partial charge in [0.2, 0.25) is 5.88 Å². The quantitative estimate of drug-likeness (QED) is 0.154. The van der Waals surface area contributed by atoms with Crippen LogP contribution in [-0.2, 0) is 31.0 Å². The molecule has 10 nitrogen and oxygen atoms in total. The molecule has 1 aliphatic heterocycles. The number of benzene rings is 2. The van der Waals surface area contributed by atoms with Crippen molar-refractivity contribution in [3.8, 4) is 11.6 Å². The predicted molar refractivity (Wildman–Crippen MR) is 172 cm³/mol. The van der Waals surface area contributed by atoms with Gasteiger partial charge in [-0.15, -0.1) is 0 Å². The van der Waals surface area contributed by atoms with E-state index in [0.717, 1.165) is 44.2 Å². The summed E-state index contributed by atoms with van der Waals surface area (Å²) in [5, 5.41) is 9.37. The van der Waals surface area contributed by atoms with Gasteiger partial charge in [-0.05, 0) is 67.8 Å². The number of ether oxygens (including phenoxy) is 2. The minimum absolute atomic E-state index is 0.0534. The second kappa shape index (κ2) is 14.3. The van der Waals surface area contributed by atoms with Gasteiger partial charge in [-0.1, -0.05) is 17.7 Å². The second-order valence-electron chi connectivity index (χ2n) is 11.3. The van der Waals surface area contributed by atoms with Crippen LogP contribution in [0.5, 0.6) is 11.6 Å². The first kappa shape index (κ1) is 32.1. The maximum Gasteiger partial charge on any atom is 0.328 e. The summed E-state index contributed by atoms with van der Waals surface area (Å²) < 4.78 is 45.2. The Hall–Kier alpha value is -4.81. The fraction of sp³-hybridized carbons (Fsp3) is 0.294. The predicted octanol–water partition coefficient (Wildman–Crippen LogP) is 6.35. The van der Waals surface area contributed by atoms with Gasteiger partial charge in [0.1, 0.15) is 24.1 Å². The minimum atomic E-state index is -1.11. The van der Waals surface area contributed by atoms with E-state index >= 15 is 4.39 Å². The molecule has 0 atom stereocenters. The average Bonchev–Trinajstić information content (AvgIpc) is 3.65. The van der Waals surface area contributed by atoms with Crippen LogP contribution in [0.4, 0.5) is 8.78 Å². The molecule has 1 aliphatic rings. The van der Waals surface area contributed by atoms with Gasteiger partial charge in [-0.3, -0.25) is 4.90 Å². The normalized spacial score (nSPS) is 14.3. The molecule has 2 aromatic carbocycles. The SMILES string of the molecule is CCn1cncc1Cn1c(CN2CCC(Oc3cccc(COc4ccc(Cl)cc4F)n3)CC2)nc2c(F)cc(/C=C/C(=O)O)cc21. The van der Waals surface area contributed by atoms with Crippen LogP contribution in [0.3, 0.4) is 0 Å². The third-order valence-electron chi connectivity index (χ3n) is 8.02. The minimum Gasteiger partial charge on any atom is -0.484 e. The van der Waals surface area contributed by atoms with Gasteiger partial charge in [-0.25, -0.2) is 28.5 Å². The maximum atomic E-state index is 15.3. The van der Waals surface area contributed by atoms with Crippen molar-refractivity contribution in [3.63, 3.8) is 0 Å². The lowest BCUT2D eigenvalue weighted by molar-refractivity contribution is -0.131. The van der Waals surface area contributed by atoms with E-state index in [0.29, 0.717) is 46.6 Å². The van der Waals surface area contributed by atoms with Crippen LogP contribution in [0.2, 0.25) is 5.02 Å². The Bertz CT molecular complexity index is 1920. The molecule has 0 aliphatic carbocycles. The van der Waals surface area contributed by atoms with Gasteiger partial charge in [0.25, 0.3) is 0 Å². The lowest BCUT2D eigenvalue weighted by atomic mass is 10.1. The number of rotatable bonds is 12. The number of aromatic nitrogens is 5. The fourth-order valence-corrected chi connectivity index (χ4v) is 5.80. The lowest BCUT2D eigenvalue weighted by Crippen LogP contribution is -2.38. The Balaban J connectivity index is 1.13. The molecule has 1 saturated heterocycles. The van der Waals surface area contributed by atoms with E-state index in [1.165, 1.54) is 24.3 Å². The zero-order valence-electron chi connectivity index (χ0n) is 25.7. The highest BCUT2D eigenvalue weighted by atomic mass is 35.5. The summed E-state index contributed by atoms with van der Waals surface area (Å²) in [7, 11) is 0. The number of imidazole rings is 2. The summed E-state index contributed by atoms with van der Waals surface area (Å²) >= 11 is 5.82. The number of carboxylic acid groups (broad SMARTS) is 1. The molecular weight excluding hydrogens is 630 g/mol. The van der Waals surface area contributed by atoms with Crippen LogP contribution in [0.15, 0.2) is 67.1 Å². The smallest absolute Gasteiger partial charge is 0.328 e. The van der Waals surface area contributed by atoms with Crippen molar-refractivity contribution >= 4 is 34.7 Å². The Morgan fingerprint density at radius 1 is 1.09 bits per heavy atom. The van der Waals surface area contributed by atoms with Gasteiger partial charge in [0, 0.05) is 43.0 Å². The zero-order valence-corrected chi connectivity index (χ0v) is 26.4. The second-order valence-corrected chi connectivity index (χ2v) is 11.7. The van der Waals surface area contributed by atoms with E-state index in [1.807, 2.05) is 22.1 Å². The number of halogens is 3. The molecule has 4 heterocycles. The lowest BCUT2D eigenvalue weighted by Gasteiger charge is -2.31. The fourth-order valence-electron chi connectivity index (χ4n) is 5.64. The molecule has 0 amide bonds. The Morgan fingerprint density at radius 3 is 2.68 bits per heavy atom. The zero-order chi connectivity index (χ0) is 32.9. The number of fused-ring (bicyclic) bond motifs is 1. The Morgan fingerprint density at radius 2 is 1.91 bits per heavy atom. The third-order valence-corrected chi connectivity index (χ3v) is 8.26. The summed E-state index contributed by atoms with van der Waals surface area (Å²) in [6.45, 7) is 5.22. The highest BCUT2D eigenvalue weighted by Crippen LogP contribution is 2.27. The number of likely N-dealkylation sites (tertiary alicyclic amines) is 1. The third kappa shape index (κ3) is 7.78. The molecule has 0 unspecified atom stereocenters. The number of aryl methyl sites for hydroxylation is 1. The molecule has 1 fully saturated rings. The van der Waals surface area contributed by atoms with E-state index in [-0.39, 0.29) is 24.0 Å². The van der Waals surface area contributed by atoms with E-state index in [4.69, 9.17) is 31.2 Å². The van der Waals surface area contributed by atoms with E-state index in [2.05, 4.69) is 14.9 Å². The van der Waals surface area contributed by atoms with Crippen LogP contribution in [0.25, 0.3) is 17.1 Å². The Labute approximate surface area is 274 Å². The van der Waals surface area contributed by atoms with E-state index in [1.54, 1.807) is 36.8 Å². The molecule has 6 rings (SSSR count). The van der Waals surface area contributed by atoms with Crippen LogP contribution < -0.4 is 9.47 Å². The molecule has 0 saturated carbocycles. The number of carbonyl (C=O) groups is 1. The number of nitrogens with zero attached hydrogens (tertiary/aromatic N) is 6. The van der Waals surface area contributed by atoms with Crippen molar-refractivity contribution in [2.45, 2.75) is 52.1 Å². The molecule has 0 radical (unpaired) electrons. The molecule has 0 spiro atoms. The van der Waals surface area contributed by atoms with Gasteiger partial charge in [0.15, 0.2) is 17.4 Å². The van der Waals surface area contributed by atoms with Gasteiger partial charge >= 0.3 is 5.97 Å². The molecular formula is C34H33ClF2N6O4. The number of hydrogen-bond donors (Lipinski definition) is 1. The van der Waals surface area contributed by atoms with Gasteiger partial charge in [-0.2, -0.15) is 0 Å². The highest BCUT2D eigenvalue weighted by Gasteiger charge is 2.24. The van der Waals surface area contributed by atoms with Crippen LogP contribution in [0, 0.1) is 11.6 Å². The molecule has 1 N–H and O–H groups in total. The van der Waals surface area contributed by atoms with Crippen molar-refractivity contribution < 1.29 is 28.2 Å². The number of aliphatic carboxylic acids is 1. The van der Waals surface area contributed by atoms with Gasteiger partial charge in [0.05, 0.1) is 36.3 Å². The van der Waals surface area contributed by atoms with E-state index < -0.39 is 17.6 Å². The summed E-state index contributed by atoms with van der Waals surface area (Å²) in [6.07, 6.45) is 7.36. The molecule has 3 aromatic heterocycles. The maximum absolute atomic E-state index is 15.3. The van der Waals surface area contributed by atoms with Crippen molar-refractivity contribution in [3.05, 3.63) is 107 Å². The molecule has 244 valence electrons. The summed E-state index contributed by atoms with van der Waals surface area (Å²) in [5.74, 6) is -0.892. The van der Waals surface area contributed by atoms with Crippen molar-refractivity contribution in [2.24, 2.45) is 0 Å². The topological polar surface area (TPSA) is 108 Å². The highest BCUT2D eigenvalue weighted by molar-refractivity contribution is 6.30. The molecule has 0 bridgehead atoms. The molecule has 13 heteroatoms. The first-order chi connectivity index (χ1) is 22.7. The number of piperidine rings is 1. The van der Waals surface area contributed by atoms with Crippen molar-refractivity contribution in [1.82, 2.24) is 29.0 Å². The summed E-state index contributed by atoms with van der Waals surface area (Å²) in [6, 6.07) is 12.7. The largest absolute Gasteiger partial charge is 0.484 e. The monoisotopic (exact) mass is 662 g/mol. The Kier molecular flexibility index (Phi) is 9.79. The standard InChI is InChI=1S/C34H33ClF2N6O4/c1-2-42-21-38-17-25(42)18-43-29-15-22(6-9-33(44)45)14-28(37)34(29)40-31(43)19-41-12-10-26(11-13-41)47-32-5-3-4-24(39-32)20-46-30-8-7-23(35)16-27(30)36/h3-9,14-17,21,26H,2,10-13,18-20H2,1H3,(H,44,45)/b9-6+. The number of pyridine rings is 1. The average molecular weight is 663 g/mol. The number of carboxylic acids is 1. The molecule has 5 aromatic rings. The van der Waals surface area contributed by atoms with Crippen molar-refractivity contribution in [2.75, 3.05) is 13.1 Å². The number of hydrogen-bond acceptors (Lipinski definition) is 7. The summed E-state index contributed by atoms with van der Waals surface area (Å²) in [5.41, 5.74) is 2.81. The molecule has 47 heavy (non-hydrogen) atoms. The van der Waals surface area contributed by atoms with E-state index in [9.17, 15) is 9.18 Å². The first-order valence-corrected chi connectivity index (χ1v) is 15.6. The first-order valence-electron chi connectivity index (χ1n) is 15.3.